The molecule has 3 nitrogen and oxygen atoms in total. The molecule has 1 aromatic carbocycles. The summed E-state index contributed by atoms with van der Waals surface area (Å²) in [5, 5.41) is 0. The molecule has 1 aromatic rings. The van der Waals surface area contributed by atoms with Gasteiger partial charge >= 0.3 is 0 Å². The van der Waals surface area contributed by atoms with E-state index in [1.54, 1.807) is 0 Å². The second-order valence-corrected chi connectivity index (χ2v) is 3.20. The maximum Gasteiger partial charge on any atom is 0.120 e. The molecule has 0 heterocycles. The molecule has 0 bridgehead atoms. The van der Waals surface area contributed by atoms with Gasteiger partial charge in [-0.25, -0.2) is 5.90 Å². The van der Waals surface area contributed by atoms with Gasteiger partial charge in [0.1, 0.15) is 12.4 Å². The monoisotopic (exact) mass is 193 g/mol. The largest absolute Gasteiger partial charge is 0.489 e. The maximum atomic E-state index is 5.46. The summed E-state index contributed by atoms with van der Waals surface area (Å²) in [7, 11) is 0. The van der Waals surface area contributed by atoms with Crippen LogP contribution in [0.3, 0.4) is 0 Å². The van der Waals surface area contributed by atoms with Gasteiger partial charge in [0.25, 0.3) is 0 Å². The average Bonchev–Trinajstić information content (AvgIpc) is 2.16. The first-order valence-electron chi connectivity index (χ1n) is 4.40. The molecule has 1 rings (SSSR count). The number of ether oxygens (including phenoxy) is 1. The Morgan fingerprint density at radius 2 is 2.29 bits per heavy atom. The van der Waals surface area contributed by atoms with E-state index in [1.165, 1.54) is 0 Å². The zero-order chi connectivity index (χ0) is 10.4. The van der Waals surface area contributed by atoms with Gasteiger partial charge in [0.15, 0.2) is 0 Å². The highest BCUT2D eigenvalue weighted by Gasteiger charge is 1.96. The molecule has 0 saturated heterocycles. The van der Waals surface area contributed by atoms with E-state index in [1.807, 2.05) is 31.2 Å². The molecule has 0 fully saturated rings. The highest BCUT2D eigenvalue weighted by molar-refractivity contribution is 5.28. The molecule has 0 amide bonds. The van der Waals surface area contributed by atoms with Gasteiger partial charge in [-0.3, -0.25) is 4.84 Å². The highest BCUT2D eigenvalue weighted by Crippen LogP contribution is 2.14. The molecule has 0 aromatic heterocycles. The number of benzene rings is 1. The third-order valence-corrected chi connectivity index (χ3v) is 1.63. The van der Waals surface area contributed by atoms with Gasteiger partial charge in [0, 0.05) is 0 Å². The van der Waals surface area contributed by atoms with Crippen LogP contribution in [0, 0.1) is 0 Å². The second-order valence-electron chi connectivity index (χ2n) is 3.20. The lowest BCUT2D eigenvalue weighted by atomic mass is 10.2. The quantitative estimate of drug-likeness (QED) is 0.575. The molecule has 0 saturated carbocycles. The predicted molar refractivity (Wildman–Crippen MR) is 55.7 cm³/mol. The fourth-order valence-corrected chi connectivity index (χ4v) is 1.03. The smallest absolute Gasteiger partial charge is 0.120 e. The number of rotatable bonds is 5. The molecule has 0 aliphatic carbocycles. The van der Waals surface area contributed by atoms with Crippen LogP contribution in [0.15, 0.2) is 36.4 Å². The lowest BCUT2D eigenvalue weighted by molar-refractivity contribution is 0.124. The summed E-state index contributed by atoms with van der Waals surface area (Å²) in [4.78, 5) is 4.54. The van der Waals surface area contributed by atoms with Crippen molar-refractivity contribution in [3.63, 3.8) is 0 Å². The Balaban J connectivity index is 2.58. The van der Waals surface area contributed by atoms with Crippen molar-refractivity contribution in [1.82, 2.24) is 0 Å². The minimum Gasteiger partial charge on any atom is -0.489 e. The Morgan fingerprint density at radius 1 is 1.50 bits per heavy atom. The summed E-state index contributed by atoms with van der Waals surface area (Å²) >= 11 is 0. The van der Waals surface area contributed by atoms with E-state index in [0.717, 1.165) is 16.9 Å². The van der Waals surface area contributed by atoms with Crippen LogP contribution in [-0.2, 0) is 11.4 Å². The first-order chi connectivity index (χ1) is 6.72. The SMILES string of the molecule is C=C(C)COc1cccc(CON)c1. The van der Waals surface area contributed by atoms with Gasteiger partial charge in [0.05, 0.1) is 6.61 Å². The van der Waals surface area contributed by atoms with Gasteiger partial charge in [-0.15, -0.1) is 0 Å². The van der Waals surface area contributed by atoms with E-state index in [0.29, 0.717) is 13.2 Å². The fraction of sp³-hybridized carbons (Fsp3) is 0.273. The van der Waals surface area contributed by atoms with Crippen molar-refractivity contribution in [1.29, 1.82) is 0 Å². The van der Waals surface area contributed by atoms with Gasteiger partial charge in [-0.05, 0) is 30.2 Å². The van der Waals surface area contributed by atoms with Gasteiger partial charge in [0.2, 0.25) is 0 Å². The predicted octanol–water partition coefficient (Wildman–Crippen LogP) is 2.03. The van der Waals surface area contributed by atoms with E-state index in [9.17, 15) is 0 Å². The van der Waals surface area contributed by atoms with Crippen molar-refractivity contribution in [2.45, 2.75) is 13.5 Å². The van der Waals surface area contributed by atoms with Crippen molar-refractivity contribution in [2.75, 3.05) is 6.61 Å². The molecule has 2 N–H and O–H groups in total. The Kier molecular flexibility index (Phi) is 4.16. The summed E-state index contributed by atoms with van der Waals surface area (Å²) in [6.45, 7) is 6.61. The van der Waals surface area contributed by atoms with Crippen LogP contribution in [-0.4, -0.2) is 6.61 Å². The summed E-state index contributed by atoms with van der Waals surface area (Å²) in [5.41, 5.74) is 1.98. The zero-order valence-corrected chi connectivity index (χ0v) is 8.32. The van der Waals surface area contributed by atoms with Crippen molar-refractivity contribution < 1.29 is 9.57 Å². The molecule has 0 atom stereocenters. The summed E-state index contributed by atoms with van der Waals surface area (Å²) < 4.78 is 5.46. The Morgan fingerprint density at radius 3 is 2.93 bits per heavy atom. The topological polar surface area (TPSA) is 44.5 Å². The Hall–Kier alpha value is -1.32. The molecule has 0 unspecified atom stereocenters. The highest BCUT2D eigenvalue weighted by atomic mass is 16.6. The van der Waals surface area contributed by atoms with Crippen LogP contribution < -0.4 is 10.6 Å². The normalized spacial score (nSPS) is 9.86. The van der Waals surface area contributed by atoms with E-state index < -0.39 is 0 Å². The van der Waals surface area contributed by atoms with Crippen LogP contribution in [0.5, 0.6) is 5.75 Å². The third kappa shape index (κ3) is 3.60. The standard InChI is InChI=1S/C11H15NO2/c1-9(2)7-13-11-5-3-4-10(6-11)8-14-12/h3-6H,1,7-8,12H2,2H3. The number of hydrogen-bond donors (Lipinski definition) is 1. The van der Waals surface area contributed by atoms with E-state index >= 15 is 0 Å². The van der Waals surface area contributed by atoms with Crippen molar-refractivity contribution in [3.8, 4) is 5.75 Å². The van der Waals surface area contributed by atoms with Crippen molar-refractivity contribution in [2.24, 2.45) is 5.90 Å². The lowest BCUT2D eigenvalue weighted by Crippen LogP contribution is -2.00. The summed E-state index contributed by atoms with van der Waals surface area (Å²) in [5.74, 6) is 5.79. The number of nitrogens with two attached hydrogens (primary N) is 1. The van der Waals surface area contributed by atoms with Crippen LogP contribution in [0.4, 0.5) is 0 Å². The van der Waals surface area contributed by atoms with Crippen molar-refractivity contribution >= 4 is 0 Å². The average molecular weight is 193 g/mol. The second kappa shape index (κ2) is 5.42. The Labute approximate surface area is 84.1 Å². The molecule has 3 heteroatoms. The van der Waals surface area contributed by atoms with Crippen molar-refractivity contribution in [3.05, 3.63) is 42.0 Å². The molecular formula is C11H15NO2. The molecule has 76 valence electrons. The maximum absolute atomic E-state index is 5.46. The summed E-state index contributed by atoms with van der Waals surface area (Å²) in [6.07, 6.45) is 0. The first kappa shape index (κ1) is 10.8. The van der Waals surface area contributed by atoms with E-state index in [4.69, 9.17) is 10.6 Å². The third-order valence-electron chi connectivity index (χ3n) is 1.63. The van der Waals surface area contributed by atoms with Crippen LogP contribution in [0.1, 0.15) is 12.5 Å². The summed E-state index contributed by atoms with van der Waals surface area (Å²) in [6, 6.07) is 7.63. The first-order valence-corrected chi connectivity index (χ1v) is 4.40. The van der Waals surface area contributed by atoms with E-state index in [-0.39, 0.29) is 0 Å². The van der Waals surface area contributed by atoms with Gasteiger partial charge < -0.3 is 4.74 Å². The lowest BCUT2D eigenvalue weighted by Gasteiger charge is -2.06. The van der Waals surface area contributed by atoms with E-state index in [2.05, 4.69) is 11.4 Å². The fourth-order valence-electron chi connectivity index (χ4n) is 1.03. The molecule has 0 aliphatic heterocycles. The minimum absolute atomic E-state index is 0.393. The van der Waals surface area contributed by atoms with Crippen LogP contribution >= 0.6 is 0 Å². The minimum atomic E-state index is 0.393. The molecule has 0 aliphatic rings. The van der Waals surface area contributed by atoms with Gasteiger partial charge in [-0.1, -0.05) is 18.7 Å². The van der Waals surface area contributed by atoms with Crippen LogP contribution in [0.2, 0.25) is 0 Å². The molecular weight excluding hydrogens is 178 g/mol. The van der Waals surface area contributed by atoms with Crippen LogP contribution in [0.25, 0.3) is 0 Å². The molecule has 0 spiro atoms. The van der Waals surface area contributed by atoms with Gasteiger partial charge in [-0.2, -0.15) is 0 Å². The zero-order valence-electron chi connectivity index (χ0n) is 8.32. The molecule has 0 radical (unpaired) electrons. The molecule has 14 heavy (non-hydrogen) atoms. The Bertz CT molecular complexity index is 310. The number of hydrogen-bond acceptors (Lipinski definition) is 3.